The number of carbonyl (C=O) groups is 2. The zero-order valence-corrected chi connectivity index (χ0v) is 18.5. The number of hydrogen-bond acceptors (Lipinski definition) is 8. The van der Waals surface area contributed by atoms with Crippen LogP contribution < -0.4 is 11.1 Å². The zero-order valence-electron chi connectivity index (χ0n) is 15.2. The summed E-state index contributed by atoms with van der Waals surface area (Å²) < 4.78 is 1.86. The number of nitrogens with one attached hydrogen (secondary N) is 1. The van der Waals surface area contributed by atoms with Gasteiger partial charge in [0, 0.05) is 22.4 Å². The fraction of sp³-hybridized carbons (Fsp3) is 0.222. The third-order valence-electron chi connectivity index (χ3n) is 3.53. The van der Waals surface area contributed by atoms with Crippen LogP contribution in [0.4, 0.5) is 5.13 Å². The highest BCUT2D eigenvalue weighted by Crippen LogP contribution is 2.32. The first-order valence-electron chi connectivity index (χ1n) is 8.25. The van der Waals surface area contributed by atoms with Crippen molar-refractivity contribution in [2.24, 2.45) is 5.73 Å². The number of rotatable bonds is 8. The van der Waals surface area contributed by atoms with Crippen molar-refractivity contribution in [1.29, 1.82) is 0 Å². The van der Waals surface area contributed by atoms with Gasteiger partial charge in [-0.05, 0) is 25.5 Å². The van der Waals surface area contributed by atoms with Gasteiger partial charge in [0.1, 0.15) is 4.34 Å². The van der Waals surface area contributed by atoms with Crippen molar-refractivity contribution in [2.45, 2.75) is 28.1 Å². The van der Waals surface area contributed by atoms with Gasteiger partial charge in [0.15, 0.2) is 5.13 Å². The van der Waals surface area contributed by atoms with E-state index >= 15 is 0 Å². The minimum atomic E-state index is -0.384. The number of carbonyl (C=O) groups excluding carboxylic acids is 2. The maximum atomic E-state index is 12.8. The van der Waals surface area contributed by atoms with Gasteiger partial charge in [-0.25, -0.2) is 9.97 Å². The second-order valence-corrected chi connectivity index (χ2v) is 10.1. The lowest BCUT2D eigenvalue weighted by Crippen LogP contribution is -2.13. The maximum Gasteiger partial charge on any atom is 0.257 e. The molecule has 0 fully saturated rings. The third kappa shape index (κ3) is 5.57. The first-order valence-corrected chi connectivity index (χ1v) is 11.9. The van der Waals surface area contributed by atoms with Crippen molar-refractivity contribution in [3.8, 4) is 0 Å². The van der Waals surface area contributed by atoms with Crippen LogP contribution in [0, 0.1) is 13.8 Å². The molecule has 0 bridgehead atoms. The van der Waals surface area contributed by atoms with Gasteiger partial charge in [0.05, 0.1) is 15.7 Å². The molecule has 0 saturated heterocycles. The largest absolute Gasteiger partial charge is 0.369 e. The molecule has 2 amide bonds. The molecule has 3 rings (SSSR count). The van der Waals surface area contributed by atoms with E-state index in [-0.39, 0.29) is 17.6 Å². The Morgan fingerprint density at radius 1 is 1.18 bits per heavy atom. The lowest BCUT2D eigenvalue weighted by Gasteiger charge is -2.08. The Morgan fingerprint density at radius 2 is 1.96 bits per heavy atom. The van der Waals surface area contributed by atoms with Gasteiger partial charge in [-0.2, -0.15) is 0 Å². The van der Waals surface area contributed by atoms with E-state index in [1.165, 1.54) is 23.1 Å². The molecule has 0 radical (unpaired) electrons. The molecule has 10 heteroatoms. The zero-order chi connectivity index (χ0) is 20.1. The number of anilines is 1. The number of primary amides is 1. The van der Waals surface area contributed by atoms with Gasteiger partial charge in [-0.1, -0.05) is 41.3 Å². The van der Waals surface area contributed by atoms with Crippen molar-refractivity contribution in [3.05, 3.63) is 52.2 Å². The Hall–Kier alpha value is -1.88. The van der Waals surface area contributed by atoms with Crippen molar-refractivity contribution in [2.75, 3.05) is 11.1 Å². The Labute approximate surface area is 179 Å². The monoisotopic (exact) mass is 450 g/mol. The van der Waals surface area contributed by atoms with Crippen LogP contribution >= 0.6 is 46.2 Å². The van der Waals surface area contributed by atoms with Crippen molar-refractivity contribution in [1.82, 2.24) is 9.97 Å². The smallest absolute Gasteiger partial charge is 0.257 e. The standard InChI is InChI=1S/C18H18N4O2S4/c1-10-7-26-18(20-10)27-8-12-5-3-4-6-13(12)15(24)22-17-21-11(2)16(28-17)25-9-14(19)23/h3-7H,8-9H2,1-2H3,(H2,19,23)(H,21,22,24). The van der Waals surface area contributed by atoms with Crippen LogP contribution in [0.1, 0.15) is 27.3 Å². The molecule has 6 nitrogen and oxygen atoms in total. The summed E-state index contributed by atoms with van der Waals surface area (Å²) in [6.45, 7) is 3.81. The fourth-order valence-corrected chi connectivity index (χ4v) is 6.00. The lowest BCUT2D eigenvalue weighted by atomic mass is 10.1. The fourth-order valence-electron chi connectivity index (χ4n) is 2.28. The number of hydrogen-bond donors (Lipinski definition) is 2. The average molecular weight is 451 g/mol. The summed E-state index contributed by atoms with van der Waals surface area (Å²) in [5, 5.41) is 5.39. The molecule has 0 saturated carbocycles. The highest BCUT2D eigenvalue weighted by molar-refractivity contribution is 8.01. The first-order chi connectivity index (χ1) is 13.4. The Balaban J connectivity index is 1.69. The molecule has 0 aliphatic rings. The highest BCUT2D eigenvalue weighted by Gasteiger charge is 2.16. The Morgan fingerprint density at radius 3 is 2.68 bits per heavy atom. The summed E-state index contributed by atoms with van der Waals surface area (Å²) in [5.74, 6) is 0.261. The van der Waals surface area contributed by atoms with E-state index in [9.17, 15) is 9.59 Å². The minimum absolute atomic E-state index is 0.187. The summed E-state index contributed by atoms with van der Waals surface area (Å²) in [7, 11) is 0. The quantitative estimate of drug-likeness (QED) is 0.496. The van der Waals surface area contributed by atoms with Crippen LogP contribution in [0.25, 0.3) is 0 Å². The van der Waals surface area contributed by atoms with E-state index < -0.39 is 0 Å². The maximum absolute atomic E-state index is 12.8. The number of aromatic nitrogens is 2. The molecule has 2 aromatic heterocycles. The van der Waals surface area contributed by atoms with E-state index in [0.29, 0.717) is 16.4 Å². The molecule has 2 heterocycles. The van der Waals surface area contributed by atoms with E-state index in [1.54, 1.807) is 23.1 Å². The van der Waals surface area contributed by atoms with E-state index in [4.69, 9.17) is 5.73 Å². The molecule has 0 aliphatic carbocycles. The summed E-state index contributed by atoms with van der Waals surface area (Å²) >= 11 is 5.89. The number of nitrogens with two attached hydrogens (primary N) is 1. The number of amides is 2. The molecule has 1 aromatic carbocycles. The van der Waals surface area contributed by atoms with E-state index in [1.807, 2.05) is 43.5 Å². The Kier molecular flexibility index (Phi) is 7.11. The number of benzene rings is 1. The second kappa shape index (κ2) is 9.55. The van der Waals surface area contributed by atoms with Crippen molar-refractivity contribution < 1.29 is 9.59 Å². The van der Waals surface area contributed by atoms with Gasteiger partial charge >= 0.3 is 0 Å². The number of thiazole rings is 2. The average Bonchev–Trinajstić information content (AvgIpc) is 3.23. The SMILES string of the molecule is Cc1csc(SCc2ccccc2C(=O)Nc2nc(C)c(SCC(N)=O)s2)n1. The molecule has 28 heavy (non-hydrogen) atoms. The van der Waals surface area contributed by atoms with Crippen LogP contribution in [0.5, 0.6) is 0 Å². The molecule has 0 spiro atoms. The van der Waals surface area contributed by atoms with Crippen molar-refractivity contribution >= 4 is 63.1 Å². The number of thioether (sulfide) groups is 2. The number of aryl methyl sites for hydroxylation is 2. The summed E-state index contributed by atoms with van der Waals surface area (Å²) in [4.78, 5) is 32.6. The van der Waals surface area contributed by atoms with Crippen molar-refractivity contribution in [3.63, 3.8) is 0 Å². The summed E-state index contributed by atoms with van der Waals surface area (Å²) in [6, 6.07) is 7.52. The summed E-state index contributed by atoms with van der Waals surface area (Å²) in [6.07, 6.45) is 0. The molecule has 146 valence electrons. The summed E-state index contributed by atoms with van der Waals surface area (Å²) in [5.41, 5.74) is 8.52. The van der Waals surface area contributed by atoms with Crippen LogP contribution in [-0.2, 0) is 10.5 Å². The lowest BCUT2D eigenvalue weighted by molar-refractivity contribution is -0.115. The van der Waals surface area contributed by atoms with Gasteiger partial charge < -0.3 is 5.73 Å². The van der Waals surface area contributed by atoms with Gasteiger partial charge in [0.2, 0.25) is 5.91 Å². The molecule has 3 N–H and O–H groups in total. The molecular formula is C18H18N4O2S4. The van der Waals surface area contributed by atoms with Gasteiger partial charge in [-0.3, -0.25) is 14.9 Å². The number of nitrogens with zero attached hydrogens (tertiary/aromatic N) is 2. The third-order valence-corrected chi connectivity index (χ3v) is 8.18. The highest BCUT2D eigenvalue weighted by atomic mass is 32.2. The molecule has 0 atom stereocenters. The van der Waals surface area contributed by atoms with Crippen LogP contribution in [0.15, 0.2) is 38.2 Å². The topological polar surface area (TPSA) is 98.0 Å². The van der Waals surface area contributed by atoms with Crippen LogP contribution in [0.3, 0.4) is 0 Å². The molecular weight excluding hydrogens is 432 g/mol. The normalized spacial score (nSPS) is 10.8. The first kappa shape index (κ1) is 20.8. The van der Waals surface area contributed by atoms with Gasteiger partial charge in [0.25, 0.3) is 5.91 Å². The Bertz CT molecular complexity index is 999. The van der Waals surface area contributed by atoms with Gasteiger partial charge in [-0.15, -0.1) is 23.1 Å². The predicted octanol–water partition coefficient (Wildman–Crippen LogP) is 4.34. The predicted molar refractivity (Wildman–Crippen MR) is 118 cm³/mol. The second-order valence-electron chi connectivity index (χ2n) is 5.80. The molecule has 3 aromatic rings. The molecule has 0 unspecified atom stereocenters. The van der Waals surface area contributed by atoms with Crippen LogP contribution in [0.2, 0.25) is 0 Å². The molecule has 0 aliphatic heterocycles. The van der Waals surface area contributed by atoms with Crippen LogP contribution in [-0.4, -0.2) is 27.5 Å². The van der Waals surface area contributed by atoms with E-state index in [0.717, 1.165) is 25.5 Å². The minimum Gasteiger partial charge on any atom is -0.369 e. The van der Waals surface area contributed by atoms with E-state index in [2.05, 4.69) is 15.3 Å².